The van der Waals surface area contributed by atoms with Gasteiger partial charge in [0.15, 0.2) is 0 Å². The number of ether oxygens (including phenoxy) is 1. The molecular weight excluding hydrogens is 432 g/mol. The van der Waals surface area contributed by atoms with Crippen molar-refractivity contribution in [1.82, 2.24) is 5.01 Å². The SMILES string of the molecule is CNc1ccc2c(c1)Oc1cc(NC)ccc1C21c2ccc(Br)cc2C(=O)N1N. The van der Waals surface area contributed by atoms with Crippen LogP contribution in [0.25, 0.3) is 0 Å². The van der Waals surface area contributed by atoms with Crippen LogP contribution in [0.3, 0.4) is 0 Å². The van der Waals surface area contributed by atoms with Crippen molar-refractivity contribution >= 4 is 33.2 Å². The van der Waals surface area contributed by atoms with Gasteiger partial charge in [-0.2, -0.15) is 0 Å². The summed E-state index contributed by atoms with van der Waals surface area (Å²) in [5.74, 6) is 7.64. The normalized spacial score (nSPS) is 15.4. The molecule has 0 fully saturated rings. The number of nitrogens with zero attached hydrogens (tertiary/aromatic N) is 1. The molecule has 0 bridgehead atoms. The van der Waals surface area contributed by atoms with Crippen LogP contribution in [-0.4, -0.2) is 25.0 Å². The lowest BCUT2D eigenvalue weighted by Crippen LogP contribution is -2.51. The molecule has 5 rings (SSSR count). The van der Waals surface area contributed by atoms with Gasteiger partial charge in [-0.25, -0.2) is 5.84 Å². The predicted molar refractivity (Wildman–Crippen MR) is 116 cm³/mol. The highest BCUT2D eigenvalue weighted by atomic mass is 79.9. The Bertz CT molecular complexity index is 1120. The summed E-state index contributed by atoms with van der Waals surface area (Å²) in [6, 6.07) is 17.5. The van der Waals surface area contributed by atoms with E-state index in [1.54, 1.807) is 0 Å². The van der Waals surface area contributed by atoms with Crippen LogP contribution in [0.4, 0.5) is 11.4 Å². The predicted octanol–water partition coefficient (Wildman–Crippen LogP) is 4.26. The van der Waals surface area contributed by atoms with Crippen molar-refractivity contribution in [3.05, 3.63) is 81.3 Å². The van der Waals surface area contributed by atoms with E-state index in [1.807, 2.05) is 68.7 Å². The number of fused-ring (bicyclic) bond motifs is 6. The third-order valence-corrected chi connectivity index (χ3v) is 6.22. The van der Waals surface area contributed by atoms with Gasteiger partial charge in [0, 0.05) is 64.3 Å². The molecular formula is C22H19BrN4O2. The fourth-order valence-electron chi connectivity index (χ4n) is 4.36. The molecule has 7 heteroatoms. The second-order valence-electron chi connectivity index (χ2n) is 7.10. The Kier molecular flexibility index (Phi) is 3.88. The van der Waals surface area contributed by atoms with E-state index >= 15 is 0 Å². The van der Waals surface area contributed by atoms with Crippen LogP contribution in [0.2, 0.25) is 0 Å². The van der Waals surface area contributed by atoms with Crippen molar-refractivity contribution in [2.24, 2.45) is 5.84 Å². The molecule has 1 spiro atoms. The molecule has 4 N–H and O–H groups in total. The van der Waals surface area contributed by atoms with Crippen molar-refractivity contribution < 1.29 is 9.53 Å². The number of carbonyl (C=O) groups is 1. The molecule has 2 aliphatic heterocycles. The number of amides is 1. The van der Waals surface area contributed by atoms with Gasteiger partial charge in [0.1, 0.15) is 17.0 Å². The fraction of sp³-hybridized carbons (Fsp3) is 0.136. The molecule has 0 saturated heterocycles. The highest BCUT2D eigenvalue weighted by molar-refractivity contribution is 9.10. The maximum absolute atomic E-state index is 13.2. The second-order valence-corrected chi connectivity index (χ2v) is 8.02. The van der Waals surface area contributed by atoms with Crippen LogP contribution in [0, 0.1) is 0 Å². The minimum Gasteiger partial charge on any atom is -0.456 e. The third kappa shape index (κ3) is 2.28. The Labute approximate surface area is 176 Å². The molecule has 2 heterocycles. The number of hydrogen-bond donors (Lipinski definition) is 3. The van der Waals surface area contributed by atoms with Gasteiger partial charge < -0.3 is 15.4 Å². The quantitative estimate of drug-likeness (QED) is 0.401. The van der Waals surface area contributed by atoms with Gasteiger partial charge >= 0.3 is 0 Å². The van der Waals surface area contributed by atoms with Crippen LogP contribution in [0.1, 0.15) is 27.0 Å². The Morgan fingerprint density at radius 1 is 0.897 bits per heavy atom. The van der Waals surface area contributed by atoms with E-state index in [9.17, 15) is 4.79 Å². The molecule has 3 aromatic carbocycles. The van der Waals surface area contributed by atoms with Crippen molar-refractivity contribution in [1.29, 1.82) is 0 Å². The Morgan fingerprint density at radius 2 is 1.45 bits per heavy atom. The maximum atomic E-state index is 13.2. The molecule has 0 atom stereocenters. The lowest BCUT2D eigenvalue weighted by Gasteiger charge is -2.42. The van der Waals surface area contributed by atoms with Crippen LogP contribution >= 0.6 is 15.9 Å². The molecule has 0 saturated carbocycles. The number of benzene rings is 3. The number of carbonyl (C=O) groups excluding carboxylic acids is 1. The van der Waals surface area contributed by atoms with E-state index in [-0.39, 0.29) is 5.91 Å². The van der Waals surface area contributed by atoms with E-state index in [2.05, 4.69) is 26.6 Å². The minimum absolute atomic E-state index is 0.226. The Morgan fingerprint density at radius 3 is 2.00 bits per heavy atom. The number of nitrogens with one attached hydrogen (secondary N) is 2. The van der Waals surface area contributed by atoms with Gasteiger partial charge in [-0.15, -0.1) is 0 Å². The fourth-order valence-corrected chi connectivity index (χ4v) is 4.72. The highest BCUT2D eigenvalue weighted by Crippen LogP contribution is 2.57. The van der Waals surface area contributed by atoms with E-state index in [4.69, 9.17) is 10.6 Å². The van der Waals surface area contributed by atoms with Crippen molar-refractivity contribution in [2.75, 3.05) is 24.7 Å². The molecule has 0 unspecified atom stereocenters. The van der Waals surface area contributed by atoms with E-state index in [0.717, 1.165) is 32.5 Å². The summed E-state index contributed by atoms with van der Waals surface area (Å²) in [5, 5.41) is 7.61. The number of anilines is 2. The van der Waals surface area contributed by atoms with Crippen LogP contribution in [0.15, 0.2) is 59.1 Å². The zero-order chi connectivity index (χ0) is 20.3. The second kappa shape index (κ2) is 6.23. The van der Waals surface area contributed by atoms with Gasteiger partial charge in [-0.1, -0.05) is 34.1 Å². The van der Waals surface area contributed by atoms with Gasteiger partial charge in [0.25, 0.3) is 5.91 Å². The molecule has 6 nitrogen and oxygen atoms in total. The van der Waals surface area contributed by atoms with Crippen LogP contribution in [-0.2, 0) is 5.54 Å². The number of hydrogen-bond acceptors (Lipinski definition) is 5. The number of rotatable bonds is 2. The topological polar surface area (TPSA) is 79.6 Å². The summed E-state index contributed by atoms with van der Waals surface area (Å²) in [7, 11) is 3.71. The van der Waals surface area contributed by atoms with Crippen LogP contribution < -0.4 is 21.2 Å². The first-order chi connectivity index (χ1) is 14.0. The summed E-state index contributed by atoms with van der Waals surface area (Å²) >= 11 is 3.47. The lowest BCUT2D eigenvalue weighted by atomic mass is 9.75. The lowest BCUT2D eigenvalue weighted by molar-refractivity contribution is 0.0665. The van der Waals surface area contributed by atoms with Gasteiger partial charge in [0.2, 0.25) is 0 Å². The first kappa shape index (κ1) is 18.0. The molecule has 0 radical (unpaired) electrons. The summed E-state index contributed by atoms with van der Waals surface area (Å²) < 4.78 is 7.12. The molecule has 0 aromatic heterocycles. The average Bonchev–Trinajstić information content (AvgIpc) is 2.95. The molecule has 1 amide bonds. The molecule has 2 aliphatic rings. The number of halogens is 1. The largest absolute Gasteiger partial charge is 0.456 e. The van der Waals surface area contributed by atoms with Gasteiger partial charge in [0.05, 0.1) is 0 Å². The van der Waals surface area contributed by atoms with E-state index in [1.165, 1.54) is 5.01 Å². The first-order valence-electron chi connectivity index (χ1n) is 9.22. The Hall–Kier alpha value is -3.03. The van der Waals surface area contributed by atoms with E-state index < -0.39 is 5.54 Å². The van der Waals surface area contributed by atoms with Gasteiger partial charge in [-0.05, 0) is 24.3 Å². The summed E-state index contributed by atoms with van der Waals surface area (Å²) in [6.07, 6.45) is 0. The maximum Gasteiger partial charge on any atom is 0.269 e. The molecule has 0 aliphatic carbocycles. The number of hydrazine groups is 1. The molecule has 29 heavy (non-hydrogen) atoms. The smallest absolute Gasteiger partial charge is 0.269 e. The number of nitrogens with two attached hydrogens (primary N) is 1. The van der Waals surface area contributed by atoms with Gasteiger partial charge in [-0.3, -0.25) is 9.80 Å². The van der Waals surface area contributed by atoms with Crippen molar-refractivity contribution in [2.45, 2.75) is 5.54 Å². The summed E-state index contributed by atoms with van der Waals surface area (Å²) in [6.45, 7) is 0. The highest BCUT2D eigenvalue weighted by Gasteiger charge is 2.55. The molecule has 3 aromatic rings. The van der Waals surface area contributed by atoms with Crippen molar-refractivity contribution in [3.63, 3.8) is 0 Å². The average molecular weight is 451 g/mol. The zero-order valence-electron chi connectivity index (χ0n) is 15.9. The zero-order valence-corrected chi connectivity index (χ0v) is 17.5. The third-order valence-electron chi connectivity index (χ3n) is 5.72. The standard InChI is InChI=1S/C22H19BrN4O2/c1-25-13-4-7-17-19(10-13)29-20-11-14(26-2)5-8-18(20)22(17)16-6-3-12(23)9-15(16)21(28)27(22)24/h3-11,25-26H,24H2,1-2H3. The summed E-state index contributed by atoms with van der Waals surface area (Å²) in [4.78, 5) is 13.2. The van der Waals surface area contributed by atoms with Crippen molar-refractivity contribution in [3.8, 4) is 11.5 Å². The first-order valence-corrected chi connectivity index (χ1v) is 10.0. The van der Waals surface area contributed by atoms with Crippen LogP contribution in [0.5, 0.6) is 11.5 Å². The monoisotopic (exact) mass is 450 g/mol. The summed E-state index contributed by atoms with van der Waals surface area (Å²) in [5.41, 5.74) is 3.95. The minimum atomic E-state index is -0.964. The Balaban J connectivity index is 1.90. The van der Waals surface area contributed by atoms with E-state index in [0.29, 0.717) is 17.1 Å². The molecule has 146 valence electrons.